The minimum atomic E-state index is 0.452. The number of hydrogen-bond donors (Lipinski definition) is 1. The highest BCUT2D eigenvalue weighted by Crippen LogP contribution is 2.20. The Labute approximate surface area is 188 Å². The summed E-state index contributed by atoms with van der Waals surface area (Å²) in [7, 11) is 0. The molecular weight excluding hydrogens is 426 g/mol. The Kier molecular flexibility index (Phi) is 5.30. The van der Waals surface area contributed by atoms with Gasteiger partial charge in [-0.05, 0) is 30.7 Å². The van der Waals surface area contributed by atoms with E-state index >= 15 is 0 Å². The normalized spacial score (nSPS) is 11.4. The van der Waals surface area contributed by atoms with Crippen LogP contribution in [0.1, 0.15) is 16.8 Å². The van der Waals surface area contributed by atoms with Gasteiger partial charge < -0.3 is 0 Å². The number of hydrogen-bond acceptors (Lipinski definition) is 7. The zero-order chi connectivity index (χ0) is 21.9. The van der Waals surface area contributed by atoms with Gasteiger partial charge in [0.25, 0.3) is 0 Å². The number of nitrogens with zero attached hydrogens (tertiary/aromatic N) is 8. The molecule has 0 unspecified atom stereocenters. The molecule has 5 aromatic rings. The fourth-order valence-corrected chi connectivity index (χ4v) is 3.44. The summed E-state index contributed by atoms with van der Waals surface area (Å²) >= 11 is 6.27. The molecule has 32 heavy (non-hydrogen) atoms. The molecule has 2 aromatic carbocycles. The number of rotatable bonds is 6. The molecule has 0 bridgehead atoms. The SMILES string of the molecule is Cc1nn(-c2ccccc2)cc1C=NNc1ncnc2c1nnn2Cc1ccccc1Cl. The van der Waals surface area contributed by atoms with E-state index in [9.17, 15) is 0 Å². The topological polar surface area (TPSA) is 98.7 Å². The van der Waals surface area contributed by atoms with E-state index in [1.165, 1.54) is 6.33 Å². The largest absolute Gasteiger partial charge is 0.259 e. The standard InChI is InChI=1S/C22H18ClN9/c1-15-17(13-31(29-15)18-8-3-2-4-9-18)11-26-28-21-20-22(25-14-24-21)32(30-27-20)12-16-7-5-6-10-19(16)23/h2-11,13-14H,12H2,1H3,(H,24,25,28). The Morgan fingerprint density at radius 3 is 2.72 bits per heavy atom. The first-order valence-electron chi connectivity index (χ1n) is 9.87. The van der Waals surface area contributed by atoms with Crippen LogP contribution in [0.2, 0.25) is 5.02 Å². The number of aryl methyl sites for hydroxylation is 1. The Balaban J connectivity index is 1.36. The van der Waals surface area contributed by atoms with Crippen LogP contribution in [0, 0.1) is 6.92 Å². The van der Waals surface area contributed by atoms with Gasteiger partial charge in [-0.2, -0.15) is 10.2 Å². The minimum Gasteiger partial charge on any atom is -0.259 e. The molecule has 0 fully saturated rings. The summed E-state index contributed by atoms with van der Waals surface area (Å²) in [4.78, 5) is 8.58. The number of halogens is 1. The maximum atomic E-state index is 6.27. The quantitative estimate of drug-likeness (QED) is 0.316. The number of anilines is 1. The van der Waals surface area contributed by atoms with E-state index in [0.717, 1.165) is 22.5 Å². The second-order valence-electron chi connectivity index (χ2n) is 7.05. The molecule has 3 aromatic heterocycles. The summed E-state index contributed by atoms with van der Waals surface area (Å²) in [5.41, 5.74) is 7.70. The Hall–Kier alpha value is -4.11. The van der Waals surface area contributed by atoms with Crippen LogP contribution in [0.15, 0.2) is 72.2 Å². The number of para-hydroxylation sites is 1. The van der Waals surface area contributed by atoms with E-state index in [4.69, 9.17) is 11.6 Å². The van der Waals surface area contributed by atoms with E-state index in [1.807, 2.05) is 72.4 Å². The molecule has 0 radical (unpaired) electrons. The van der Waals surface area contributed by atoms with Crippen molar-refractivity contribution >= 4 is 34.8 Å². The van der Waals surface area contributed by atoms with Crippen LogP contribution >= 0.6 is 11.6 Å². The lowest BCUT2D eigenvalue weighted by molar-refractivity contribution is 0.664. The minimum absolute atomic E-state index is 0.452. The molecule has 0 aliphatic rings. The highest BCUT2D eigenvalue weighted by molar-refractivity contribution is 6.31. The van der Waals surface area contributed by atoms with Crippen molar-refractivity contribution in [3.05, 3.63) is 89.0 Å². The second-order valence-corrected chi connectivity index (χ2v) is 7.46. The van der Waals surface area contributed by atoms with E-state index in [-0.39, 0.29) is 0 Å². The van der Waals surface area contributed by atoms with Crippen molar-refractivity contribution in [3.63, 3.8) is 0 Å². The summed E-state index contributed by atoms with van der Waals surface area (Å²) in [6, 6.07) is 17.5. The average molecular weight is 444 g/mol. The monoisotopic (exact) mass is 443 g/mol. The molecule has 3 heterocycles. The maximum Gasteiger partial charge on any atom is 0.184 e. The van der Waals surface area contributed by atoms with Gasteiger partial charge in [0.15, 0.2) is 17.0 Å². The van der Waals surface area contributed by atoms with Crippen molar-refractivity contribution in [2.75, 3.05) is 5.43 Å². The van der Waals surface area contributed by atoms with Gasteiger partial charge in [-0.25, -0.2) is 19.3 Å². The molecule has 0 aliphatic heterocycles. The number of benzene rings is 2. The van der Waals surface area contributed by atoms with Gasteiger partial charge in [0.2, 0.25) is 0 Å². The highest BCUT2D eigenvalue weighted by atomic mass is 35.5. The fourth-order valence-electron chi connectivity index (χ4n) is 3.24. The molecule has 5 rings (SSSR count). The molecule has 0 saturated heterocycles. The van der Waals surface area contributed by atoms with Gasteiger partial charge in [0.05, 0.1) is 24.1 Å². The molecule has 10 heteroatoms. The summed E-state index contributed by atoms with van der Waals surface area (Å²) in [6.45, 7) is 2.39. The molecule has 1 N–H and O–H groups in total. The average Bonchev–Trinajstić information content (AvgIpc) is 3.40. The van der Waals surface area contributed by atoms with Crippen LogP contribution in [-0.4, -0.2) is 41.0 Å². The van der Waals surface area contributed by atoms with Crippen molar-refractivity contribution in [2.24, 2.45) is 5.10 Å². The van der Waals surface area contributed by atoms with Crippen LogP contribution in [0.4, 0.5) is 5.82 Å². The predicted octanol–water partition coefficient (Wildman–Crippen LogP) is 3.86. The lowest BCUT2D eigenvalue weighted by Crippen LogP contribution is -2.04. The Bertz CT molecular complexity index is 1410. The third-order valence-electron chi connectivity index (χ3n) is 4.91. The zero-order valence-electron chi connectivity index (χ0n) is 17.1. The van der Waals surface area contributed by atoms with Crippen molar-refractivity contribution in [3.8, 4) is 5.69 Å². The van der Waals surface area contributed by atoms with E-state index in [0.29, 0.717) is 28.5 Å². The summed E-state index contributed by atoms with van der Waals surface area (Å²) in [5, 5.41) is 18.0. The third-order valence-corrected chi connectivity index (χ3v) is 5.28. The number of hydrazone groups is 1. The molecule has 0 amide bonds. The predicted molar refractivity (Wildman–Crippen MR) is 123 cm³/mol. The van der Waals surface area contributed by atoms with E-state index < -0.39 is 0 Å². The molecular formula is C22H18ClN9. The number of fused-ring (bicyclic) bond motifs is 1. The molecule has 9 nitrogen and oxygen atoms in total. The van der Waals surface area contributed by atoms with Gasteiger partial charge in [0, 0.05) is 16.8 Å². The van der Waals surface area contributed by atoms with Crippen LogP contribution in [0.25, 0.3) is 16.9 Å². The Morgan fingerprint density at radius 1 is 1.06 bits per heavy atom. The second kappa shape index (κ2) is 8.56. The molecule has 0 atom stereocenters. The van der Waals surface area contributed by atoms with Gasteiger partial charge >= 0.3 is 0 Å². The van der Waals surface area contributed by atoms with Gasteiger partial charge in [-0.1, -0.05) is 53.2 Å². The van der Waals surface area contributed by atoms with Gasteiger partial charge in [-0.15, -0.1) is 5.10 Å². The smallest absolute Gasteiger partial charge is 0.184 e. The van der Waals surface area contributed by atoms with Crippen LogP contribution < -0.4 is 5.43 Å². The summed E-state index contributed by atoms with van der Waals surface area (Å²) in [5.74, 6) is 0.463. The van der Waals surface area contributed by atoms with Crippen molar-refractivity contribution in [1.29, 1.82) is 0 Å². The Morgan fingerprint density at radius 2 is 1.88 bits per heavy atom. The molecule has 0 saturated carbocycles. The number of aromatic nitrogens is 7. The molecule has 0 aliphatic carbocycles. The van der Waals surface area contributed by atoms with Gasteiger partial charge in [-0.3, -0.25) is 5.43 Å². The summed E-state index contributed by atoms with van der Waals surface area (Å²) < 4.78 is 3.50. The fraction of sp³-hybridized carbons (Fsp3) is 0.0909. The first-order valence-corrected chi connectivity index (χ1v) is 10.3. The first kappa shape index (κ1) is 19.8. The van der Waals surface area contributed by atoms with E-state index in [2.05, 4.69) is 35.9 Å². The van der Waals surface area contributed by atoms with Crippen molar-refractivity contribution in [2.45, 2.75) is 13.5 Å². The lowest BCUT2D eigenvalue weighted by atomic mass is 10.2. The highest BCUT2D eigenvalue weighted by Gasteiger charge is 2.13. The van der Waals surface area contributed by atoms with Gasteiger partial charge in [0.1, 0.15) is 6.33 Å². The van der Waals surface area contributed by atoms with Crippen LogP contribution in [-0.2, 0) is 6.54 Å². The van der Waals surface area contributed by atoms with E-state index in [1.54, 1.807) is 10.9 Å². The van der Waals surface area contributed by atoms with Crippen LogP contribution in [0.3, 0.4) is 0 Å². The first-order chi connectivity index (χ1) is 15.7. The summed E-state index contributed by atoms with van der Waals surface area (Å²) in [6.07, 6.45) is 5.07. The van der Waals surface area contributed by atoms with Crippen molar-refractivity contribution in [1.82, 2.24) is 34.7 Å². The molecule has 158 valence electrons. The zero-order valence-corrected chi connectivity index (χ0v) is 17.8. The third kappa shape index (κ3) is 3.93. The number of nitrogens with one attached hydrogen (secondary N) is 1. The van der Waals surface area contributed by atoms with Crippen LogP contribution in [0.5, 0.6) is 0 Å². The maximum absolute atomic E-state index is 6.27. The lowest BCUT2D eigenvalue weighted by Gasteiger charge is -2.04. The van der Waals surface area contributed by atoms with Crippen molar-refractivity contribution < 1.29 is 0 Å². The molecule has 0 spiro atoms.